The van der Waals surface area contributed by atoms with Crippen LogP contribution < -0.4 is 0 Å². The van der Waals surface area contributed by atoms with Gasteiger partial charge in [-0.3, -0.25) is 4.57 Å². The topological polar surface area (TPSA) is 99.8 Å². The molecular weight excluding hydrogens is 486 g/mol. The third-order valence-electron chi connectivity index (χ3n) is 7.15. The molecule has 7 heteroatoms. The number of aromatic hydroxyl groups is 2. The van der Waals surface area contributed by atoms with Crippen LogP contribution in [0.15, 0.2) is 17.0 Å². The van der Waals surface area contributed by atoms with Crippen LogP contribution in [-0.2, 0) is 9.84 Å². The number of unbranched alkanes of at least 4 members (excludes halogenated alkanes) is 18. The predicted molar refractivity (Wildman–Crippen MR) is 155 cm³/mol. The van der Waals surface area contributed by atoms with E-state index in [2.05, 4.69) is 6.92 Å². The first-order valence-electron chi connectivity index (χ1n) is 15.0. The van der Waals surface area contributed by atoms with Gasteiger partial charge in [-0.15, -0.1) is 0 Å². The lowest BCUT2D eigenvalue weighted by molar-refractivity contribution is 0.193. The lowest BCUT2D eigenvalue weighted by atomic mass is 10.0. The summed E-state index contributed by atoms with van der Waals surface area (Å²) >= 11 is 0. The van der Waals surface area contributed by atoms with E-state index >= 15 is 0 Å². The smallest absolute Gasteiger partial charge is 0.217 e. The molecule has 0 fully saturated rings. The van der Waals surface area contributed by atoms with Crippen molar-refractivity contribution in [1.82, 2.24) is 4.57 Å². The number of aliphatic hydroxyl groups excluding tert-OH is 1. The maximum atomic E-state index is 12.4. The molecule has 6 nitrogen and oxygen atoms in total. The van der Waals surface area contributed by atoms with Crippen molar-refractivity contribution in [2.45, 2.75) is 153 Å². The van der Waals surface area contributed by atoms with E-state index in [-0.39, 0.29) is 10.8 Å². The van der Waals surface area contributed by atoms with Crippen LogP contribution in [0.25, 0.3) is 6.20 Å². The quantitative estimate of drug-likeness (QED) is 0.114. The Labute approximate surface area is 227 Å². The molecule has 0 radical (unpaired) electrons. The van der Waals surface area contributed by atoms with E-state index in [9.17, 15) is 23.7 Å². The molecule has 1 unspecified atom stereocenters. The molecule has 1 aromatic heterocycles. The summed E-state index contributed by atoms with van der Waals surface area (Å²) in [7, 11) is -3.88. The number of aliphatic hydroxyl groups is 1. The molecule has 0 bridgehead atoms. The number of nitrogens with zero attached hydrogens (tertiary/aromatic N) is 1. The molecule has 0 aliphatic rings. The van der Waals surface area contributed by atoms with Crippen LogP contribution in [0.3, 0.4) is 0 Å². The molecular formula is C30H55NO5S. The minimum atomic E-state index is -3.88. The summed E-state index contributed by atoms with van der Waals surface area (Å²) in [6.45, 7) is 3.96. The first kappa shape index (κ1) is 33.6. The molecule has 1 rings (SSSR count). The molecule has 0 aromatic carbocycles. The highest BCUT2D eigenvalue weighted by molar-refractivity contribution is 7.91. The summed E-state index contributed by atoms with van der Waals surface area (Å²) in [5.74, 6) is -1.34. The van der Waals surface area contributed by atoms with E-state index in [1.165, 1.54) is 109 Å². The summed E-state index contributed by atoms with van der Waals surface area (Å²) in [5, 5.41) is 30.0. The fourth-order valence-corrected chi connectivity index (χ4v) is 6.24. The minimum Gasteiger partial charge on any atom is -0.494 e. The van der Waals surface area contributed by atoms with E-state index in [1.807, 2.05) is 6.08 Å². The zero-order valence-corrected chi connectivity index (χ0v) is 24.5. The average molecular weight is 542 g/mol. The van der Waals surface area contributed by atoms with Crippen LogP contribution in [0, 0.1) is 0 Å². The maximum absolute atomic E-state index is 12.4. The normalized spacial score (nSPS) is 13.1. The second-order valence-electron chi connectivity index (χ2n) is 10.6. The van der Waals surface area contributed by atoms with Gasteiger partial charge in [0.2, 0.25) is 5.88 Å². The summed E-state index contributed by atoms with van der Waals surface area (Å²) in [6, 6.07) is 1.04. The molecule has 0 aliphatic carbocycles. The van der Waals surface area contributed by atoms with E-state index in [1.54, 1.807) is 6.92 Å². The van der Waals surface area contributed by atoms with Crippen LogP contribution in [0.4, 0.5) is 0 Å². The van der Waals surface area contributed by atoms with E-state index in [0.717, 1.165) is 29.9 Å². The Bertz CT molecular complexity index is 831. The number of hydrogen-bond acceptors (Lipinski definition) is 5. The van der Waals surface area contributed by atoms with Gasteiger partial charge in [0.1, 0.15) is 4.90 Å². The predicted octanol–water partition coefficient (Wildman–Crippen LogP) is 8.35. The molecule has 216 valence electrons. The highest BCUT2D eigenvalue weighted by Crippen LogP contribution is 2.33. The van der Waals surface area contributed by atoms with Gasteiger partial charge in [0.05, 0.1) is 11.9 Å². The van der Waals surface area contributed by atoms with Crippen LogP contribution in [-0.4, -0.2) is 40.2 Å². The summed E-state index contributed by atoms with van der Waals surface area (Å²) in [6.07, 6.45) is 27.5. The van der Waals surface area contributed by atoms with Gasteiger partial charge in [0, 0.05) is 12.3 Å². The van der Waals surface area contributed by atoms with Gasteiger partial charge in [0.25, 0.3) is 0 Å². The number of hydrogen-bond donors (Lipinski definition) is 3. The van der Waals surface area contributed by atoms with Crippen molar-refractivity contribution in [2.24, 2.45) is 0 Å². The van der Waals surface area contributed by atoms with E-state index < -0.39 is 27.6 Å². The van der Waals surface area contributed by atoms with Gasteiger partial charge < -0.3 is 15.3 Å². The molecule has 1 aromatic rings. The van der Waals surface area contributed by atoms with Crippen molar-refractivity contribution in [3.05, 3.63) is 12.1 Å². The zero-order chi connectivity index (χ0) is 27.4. The van der Waals surface area contributed by atoms with Gasteiger partial charge >= 0.3 is 0 Å². The fraction of sp³-hybridized carbons (Fsp3) is 0.800. The molecule has 0 spiro atoms. The SMILES string of the molecule is CCCCCCCCCCCCCCCCCCCCC=Cn1c(O)cc(S(=O)(=O)CC(O)CC)c1O. The standard InChI is InChI=1S/C30H55NO5S/c1-3-5-6-7-8-9-10-11-12-13-14-15-16-17-18-19-20-21-22-23-24-31-29(33)25-28(30(31)34)37(35,36)26-27(32)4-2/h23-25,27,32-34H,3-22,26H2,1-2H3. The number of rotatable bonds is 24. The van der Waals surface area contributed by atoms with Crippen LogP contribution >= 0.6 is 0 Å². The average Bonchev–Trinajstić information content (AvgIpc) is 3.16. The third kappa shape index (κ3) is 14.9. The van der Waals surface area contributed by atoms with E-state index in [0.29, 0.717) is 6.42 Å². The molecule has 0 saturated heterocycles. The third-order valence-corrected chi connectivity index (χ3v) is 8.95. The lowest BCUT2D eigenvalue weighted by Crippen LogP contribution is -2.19. The second-order valence-corrected chi connectivity index (χ2v) is 12.6. The van der Waals surface area contributed by atoms with Gasteiger partial charge in [-0.05, 0) is 19.3 Å². The molecule has 1 atom stereocenters. The Morgan fingerprint density at radius 3 is 1.62 bits per heavy atom. The van der Waals surface area contributed by atoms with Gasteiger partial charge in [0.15, 0.2) is 15.7 Å². The minimum absolute atomic E-state index is 0.298. The van der Waals surface area contributed by atoms with Gasteiger partial charge in [-0.25, -0.2) is 8.42 Å². The number of aromatic nitrogens is 1. The van der Waals surface area contributed by atoms with Gasteiger partial charge in [-0.2, -0.15) is 0 Å². The Kier molecular flexibility index (Phi) is 18.6. The summed E-state index contributed by atoms with van der Waals surface area (Å²) in [4.78, 5) is -0.352. The number of sulfone groups is 1. The maximum Gasteiger partial charge on any atom is 0.217 e. The van der Waals surface area contributed by atoms with Crippen LogP contribution in [0.2, 0.25) is 0 Å². The Morgan fingerprint density at radius 1 is 0.757 bits per heavy atom. The first-order valence-corrected chi connectivity index (χ1v) is 16.7. The van der Waals surface area contributed by atoms with Gasteiger partial charge in [-0.1, -0.05) is 129 Å². The van der Waals surface area contributed by atoms with Crippen LogP contribution in [0.5, 0.6) is 11.8 Å². The number of allylic oxidation sites excluding steroid dienone is 1. The van der Waals surface area contributed by atoms with Crippen molar-refractivity contribution in [1.29, 1.82) is 0 Å². The lowest BCUT2D eigenvalue weighted by Gasteiger charge is -2.08. The fourth-order valence-electron chi connectivity index (χ4n) is 4.66. The Morgan fingerprint density at radius 2 is 1.19 bits per heavy atom. The Hall–Kier alpha value is -1.47. The Balaban J connectivity index is 2.05. The summed E-state index contributed by atoms with van der Waals surface area (Å²) < 4.78 is 25.8. The monoisotopic (exact) mass is 541 g/mol. The zero-order valence-electron chi connectivity index (χ0n) is 23.7. The molecule has 1 heterocycles. The largest absolute Gasteiger partial charge is 0.494 e. The van der Waals surface area contributed by atoms with E-state index in [4.69, 9.17) is 0 Å². The molecule has 0 amide bonds. The molecule has 0 saturated carbocycles. The first-order chi connectivity index (χ1) is 17.8. The molecule has 0 aliphatic heterocycles. The molecule has 37 heavy (non-hydrogen) atoms. The highest BCUT2D eigenvalue weighted by atomic mass is 32.2. The van der Waals surface area contributed by atoms with Crippen molar-refractivity contribution in [3.8, 4) is 11.8 Å². The second kappa shape index (κ2) is 20.5. The molecule has 3 N–H and O–H groups in total. The van der Waals surface area contributed by atoms with Crippen molar-refractivity contribution in [3.63, 3.8) is 0 Å². The summed E-state index contributed by atoms with van der Waals surface area (Å²) in [5.41, 5.74) is 0. The van der Waals surface area contributed by atoms with Crippen molar-refractivity contribution < 1.29 is 23.7 Å². The van der Waals surface area contributed by atoms with Crippen LogP contribution in [0.1, 0.15) is 142 Å². The highest BCUT2D eigenvalue weighted by Gasteiger charge is 2.26. The van der Waals surface area contributed by atoms with Crippen molar-refractivity contribution >= 4 is 16.0 Å². The van der Waals surface area contributed by atoms with Crippen molar-refractivity contribution in [2.75, 3.05) is 5.75 Å².